The number of fused-ring (bicyclic) bond motifs is 1. The van der Waals surface area contributed by atoms with Gasteiger partial charge in [-0.3, -0.25) is 0 Å². The molecule has 0 aliphatic carbocycles. The monoisotopic (exact) mass is 332 g/mol. The zero-order chi connectivity index (χ0) is 17.3. The number of rotatable bonds is 4. The number of aromatic nitrogens is 1. The van der Waals surface area contributed by atoms with Gasteiger partial charge in [0.25, 0.3) is 0 Å². The van der Waals surface area contributed by atoms with Gasteiger partial charge >= 0.3 is 0 Å². The van der Waals surface area contributed by atoms with Crippen LogP contribution in [0.5, 0.6) is 23.1 Å². The number of hydrogen-bond donors (Lipinski definition) is 1. The van der Waals surface area contributed by atoms with E-state index in [1.165, 1.54) is 20.3 Å². The second-order valence-corrected chi connectivity index (χ2v) is 4.97. The second kappa shape index (κ2) is 6.19. The third-order valence-electron chi connectivity index (χ3n) is 3.40. The van der Waals surface area contributed by atoms with Gasteiger partial charge in [0.15, 0.2) is 23.1 Å². The normalized spacial score (nSPS) is 10.7. The van der Waals surface area contributed by atoms with Gasteiger partial charge in [0.2, 0.25) is 11.6 Å². The highest BCUT2D eigenvalue weighted by molar-refractivity contribution is 5.83. The van der Waals surface area contributed by atoms with E-state index in [2.05, 4.69) is 4.98 Å². The van der Waals surface area contributed by atoms with Crippen molar-refractivity contribution in [3.8, 4) is 23.1 Å². The molecule has 0 bridgehead atoms. The summed E-state index contributed by atoms with van der Waals surface area (Å²) in [4.78, 5) is 4.24. The molecule has 0 amide bonds. The van der Waals surface area contributed by atoms with Crippen molar-refractivity contribution in [2.45, 2.75) is 0 Å². The zero-order valence-corrected chi connectivity index (χ0v) is 13.0. The fraction of sp³-hybridized carbons (Fsp3) is 0.118. The maximum absolute atomic E-state index is 13.8. The minimum Gasteiger partial charge on any atom is -0.493 e. The minimum absolute atomic E-state index is 0.0272. The van der Waals surface area contributed by atoms with Gasteiger partial charge in [-0.1, -0.05) is 0 Å². The van der Waals surface area contributed by atoms with Gasteiger partial charge in [0.05, 0.1) is 19.7 Å². The predicted molar refractivity (Wildman–Crippen MR) is 85.7 cm³/mol. The number of nitrogens with zero attached hydrogens (tertiary/aromatic N) is 1. The molecule has 0 spiro atoms. The van der Waals surface area contributed by atoms with Crippen molar-refractivity contribution in [3.63, 3.8) is 0 Å². The number of anilines is 1. The van der Waals surface area contributed by atoms with E-state index in [4.69, 9.17) is 19.9 Å². The Kier molecular flexibility index (Phi) is 4.07. The molecule has 124 valence electrons. The minimum atomic E-state index is -0.901. The maximum Gasteiger partial charge on any atom is 0.220 e. The lowest BCUT2D eigenvalue weighted by molar-refractivity contribution is 0.355. The molecule has 0 aliphatic heterocycles. The quantitative estimate of drug-likeness (QED) is 0.734. The number of hydrogen-bond acceptors (Lipinski definition) is 5. The van der Waals surface area contributed by atoms with Crippen molar-refractivity contribution in [2.24, 2.45) is 0 Å². The molecule has 0 saturated carbocycles. The maximum atomic E-state index is 13.8. The lowest BCUT2D eigenvalue weighted by Gasteiger charge is -2.11. The SMILES string of the molecule is COc1cc2ccc(Oc3c(F)cc(N)cc3F)nc2cc1OC. The summed E-state index contributed by atoms with van der Waals surface area (Å²) < 4.78 is 43.3. The molecule has 24 heavy (non-hydrogen) atoms. The van der Waals surface area contributed by atoms with Gasteiger partial charge in [-0.25, -0.2) is 13.8 Å². The molecule has 1 aromatic heterocycles. The summed E-state index contributed by atoms with van der Waals surface area (Å²) in [5.74, 6) is -1.28. The van der Waals surface area contributed by atoms with Crippen LogP contribution in [0.1, 0.15) is 0 Å². The highest BCUT2D eigenvalue weighted by Gasteiger charge is 2.14. The fourth-order valence-electron chi connectivity index (χ4n) is 2.27. The molecule has 0 saturated heterocycles. The van der Waals surface area contributed by atoms with Gasteiger partial charge in [0.1, 0.15) is 0 Å². The summed E-state index contributed by atoms with van der Waals surface area (Å²) in [5, 5.41) is 0.762. The average Bonchev–Trinajstić information content (AvgIpc) is 2.56. The lowest BCUT2D eigenvalue weighted by atomic mass is 10.2. The van der Waals surface area contributed by atoms with E-state index >= 15 is 0 Å². The fourth-order valence-corrected chi connectivity index (χ4v) is 2.27. The Bertz CT molecular complexity index is 893. The van der Waals surface area contributed by atoms with Crippen LogP contribution in [0.15, 0.2) is 36.4 Å². The largest absolute Gasteiger partial charge is 0.493 e. The van der Waals surface area contributed by atoms with Crippen LogP contribution in [0, 0.1) is 11.6 Å². The van der Waals surface area contributed by atoms with Gasteiger partial charge in [-0.15, -0.1) is 0 Å². The summed E-state index contributed by atoms with van der Waals surface area (Å²) >= 11 is 0. The number of halogens is 2. The molecule has 0 aliphatic rings. The van der Waals surface area contributed by atoms with Crippen molar-refractivity contribution in [2.75, 3.05) is 20.0 Å². The molecular weight excluding hydrogens is 318 g/mol. The Hall–Kier alpha value is -3.09. The topological polar surface area (TPSA) is 66.6 Å². The van der Waals surface area contributed by atoms with Gasteiger partial charge in [-0.05, 0) is 12.1 Å². The number of ether oxygens (including phenoxy) is 3. The van der Waals surface area contributed by atoms with E-state index in [0.717, 1.165) is 17.5 Å². The Morgan fingerprint density at radius 3 is 2.17 bits per heavy atom. The van der Waals surface area contributed by atoms with Crippen molar-refractivity contribution in [1.82, 2.24) is 4.98 Å². The molecule has 5 nitrogen and oxygen atoms in total. The molecule has 3 rings (SSSR count). The predicted octanol–water partition coefficient (Wildman–Crippen LogP) is 3.90. The van der Waals surface area contributed by atoms with E-state index in [-0.39, 0.29) is 11.6 Å². The molecule has 0 fully saturated rings. The Balaban J connectivity index is 2.02. The first-order valence-electron chi connectivity index (χ1n) is 6.97. The highest BCUT2D eigenvalue weighted by atomic mass is 19.1. The Morgan fingerprint density at radius 1 is 0.917 bits per heavy atom. The second-order valence-electron chi connectivity index (χ2n) is 4.97. The number of nitrogen functional groups attached to an aromatic ring is 1. The van der Waals surface area contributed by atoms with Crippen LogP contribution in [0.3, 0.4) is 0 Å². The van der Waals surface area contributed by atoms with Crippen molar-refractivity contribution < 1.29 is 23.0 Å². The van der Waals surface area contributed by atoms with E-state index in [1.54, 1.807) is 18.2 Å². The number of methoxy groups -OCH3 is 2. The van der Waals surface area contributed by atoms with E-state index < -0.39 is 17.4 Å². The first kappa shape index (κ1) is 15.8. The smallest absolute Gasteiger partial charge is 0.220 e. The van der Waals surface area contributed by atoms with E-state index in [1.807, 2.05) is 0 Å². The van der Waals surface area contributed by atoms with Crippen molar-refractivity contribution in [1.29, 1.82) is 0 Å². The summed E-state index contributed by atoms with van der Waals surface area (Å²) in [7, 11) is 3.03. The van der Waals surface area contributed by atoms with Crippen molar-refractivity contribution in [3.05, 3.63) is 48.0 Å². The summed E-state index contributed by atoms with van der Waals surface area (Å²) in [6, 6.07) is 8.56. The van der Waals surface area contributed by atoms with Crippen LogP contribution >= 0.6 is 0 Å². The summed E-state index contributed by atoms with van der Waals surface area (Å²) in [6.45, 7) is 0. The van der Waals surface area contributed by atoms with Crippen LogP contribution in [-0.4, -0.2) is 19.2 Å². The Morgan fingerprint density at radius 2 is 1.54 bits per heavy atom. The number of pyridine rings is 1. The molecule has 2 aromatic carbocycles. The third-order valence-corrected chi connectivity index (χ3v) is 3.40. The molecule has 0 radical (unpaired) electrons. The van der Waals surface area contributed by atoms with Crippen LogP contribution in [-0.2, 0) is 0 Å². The first-order chi connectivity index (χ1) is 11.5. The van der Waals surface area contributed by atoms with E-state index in [0.29, 0.717) is 17.0 Å². The molecule has 0 atom stereocenters. The molecule has 0 unspecified atom stereocenters. The summed E-state index contributed by atoms with van der Waals surface area (Å²) in [5.41, 5.74) is 5.88. The lowest BCUT2D eigenvalue weighted by Crippen LogP contribution is -1.97. The number of nitrogens with two attached hydrogens (primary N) is 1. The van der Waals surface area contributed by atoms with E-state index in [9.17, 15) is 8.78 Å². The first-order valence-corrected chi connectivity index (χ1v) is 6.97. The van der Waals surface area contributed by atoms with Crippen molar-refractivity contribution >= 4 is 16.6 Å². The highest BCUT2D eigenvalue weighted by Crippen LogP contribution is 2.34. The van der Waals surface area contributed by atoms with Crippen LogP contribution in [0.25, 0.3) is 10.9 Å². The molecule has 1 heterocycles. The zero-order valence-electron chi connectivity index (χ0n) is 13.0. The van der Waals surface area contributed by atoms with Gasteiger partial charge in [0, 0.05) is 35.3 Å². The molecule has 7 heteroatoms. The standard InChI is InChI=1S/C17H14F2N2O3/c1-22-14-5-9-3-4-16(21-13(9)8-15(14)23-2)24-17-11(18)6-10(20)7-12(17)19/h3-8H,20H2,1-2H3. The molecule has 3 aromatic rings. The average molecular weight is 332 g/mol. The number of benzene rings is 2. The molecular formula is C17H14F2N2O3. The van der Waals surface area contributed by atoms with Gasteiger partial charge in [-0.2, -0.15) is 0 Å². The molecule has 2 N–H and O–H groups in total. The van der Waals surface area contributed by atoms with Gasteiger partial charge < -0.3 is 19.9 Å². The van der Waals surface area contributed by atoms with Crippen LogP contribution in [0.4, 0.5) is 14.5 Å². The summed E-state index contributed by atoms with van der Waals surface area (Å²) in [6.07, 6.45) is 0. The van der Waals surface area contributed by atoms with Crippen LogP contribution in [0.2, 0.25) is 0 Å². The van der Waals surface area contributed by atoms with Crippen LogP contribution < -0.4 is 19.9 Å². The third kappa shape index (κ3) is 2.88. The Labute approximate surface area is 136 Å².